The lowest BCUT2D eigenvalue weighted by Gasteiger charge is -2.51. The van der Waals surface area contributed by atoms with Crippen molar-refractivity contribution < 1.29 is 4.74 Å². The molecule has 0 bridgehead atoms. The van der Waals surface area contributed by atoms with Crippen LogP contribution in [0.2, 0.25) is 0 Å². The summed E-state index contributed by atoms with van der Waals surface area (Å²) < 4.78 is 5.73. The Balaban J connectivity index is 1.75. The van der Waals surface area contributed by atoms with Crippen LogP contribution in [0, 0.1) is 0 Å². The minimum Gasteiger partial charge on any atom is -0.373 e. The SMILES string of the molecule is CCOC1(C)CN(C2CCNCC2)C1. The van der Waals surface area contributed by atoms with Crippen LogP contribution in [0.1, 0.15) is 26.7 Å². The topological polar surface area (TPSA) is 24.5 Å². The van der Waals surface area contributed by atoms with Crippen molar-refractivity contribution in [1.82, 2.24) is 10.2 Å². The standard InChI is InChI=1S/C11H22N2O/c1-3-14-11(2)8-13(9-11)10-4-6-12-7-5-10/h10,12H,3-9H2,1-2H3. The monoisotopic (exact) mass is 198 g/mol. The molecule has 3 nitrogen and oxygen atoms in total. The maximum absolute atomic E-state index is 5.73. The molecule has 82 valence electrons. The quantitative estimate of drug-likeness (QED) is 0.727. The van der Waals surface area contributed by atoms with E-state index in [9.17, 15) is 0 Å². The second-order valence-electron chi connectivity index (χ2n) is 4.77. The van der Waals surface area contributed by atoms with Crippen LogP contribution in [0.15, 0.2) is 0 Å². The fourth-order valence-electron chi connectivity index (χ4n) is 2.68. The van der Waals surface area contributed by atoms with E-state index in [-0.39, 0.29) is 5.60 Å². The Morgan fingerprint density at radius 1 is 1.36 bits per heavy atom. The Morgan fingerprint density at radius 3 is 2.57 bits per heavy atom. The predicted octanol–water partition coefficient (Wildman–Crippen LogP) is 0.849. The molecular formula is C11H22N2O. The molecule has 0 aromatic rings. The van der Waals surface area contributed by atoms with E-state index in [0.29, 0.717) is 0 Å². The Labute approximate surface area is 86.8 Å². The summed E-state index contributed by atoms with van der Waals surface area (Å²) in [6, 6.07) is 0.810. The smallest absolute Gasteiger partial charge is 0.0906 e. The lowest BCUT2D eigenvalue weighted by atomic mass is 9.91. The molecule has 2 aliphatic heterocycles. The van der Waals surface area contributed by atoms with Crippen LogP contribution in [0.5, 0.6) is 0 Å². The molecule has 0 amide bonds. The van der Waals surface area contributed by atoms with Crippen LogP contribution < -0.4 is 5.32 Å². The van der Waals surface area contributed by atoms with Gasteiger partial charge in [0, 0.05) is 25.7 Å². The summed E-state index contributed by atoms with van der Waals surface area (Å²) in [4.78, 5) is 2.58. The fourth-order valence-corrected chi connectivity index (χ4v) is 2.68. The van der Waals surface area contributed by atoms with E-state index in [0.717, 1.165) is 25.7 Å². The lowest BCUT2D eigenvalue weighted by molar-refractivity contribution is -0.144. The fraction of sp³-hybridized carbons (Fsp3) is 1.00. The molecule has 2 heterocycles. The molecule has 0 radical (unpaired) electrons. The van der Waals surface area contributed by atoms with E-state index in [1.54, 1.807) is 0 Å². The highest BCUT2D eigenvalue weighted by Gasteiger charge is 2.42. The van der Waals surface area contributed by atoms with Gasteiger partial charge in [-0.3, -0.25) is 4.90 Å². The molecule has 2 rings (SSSR count). The molecule has 2 aliphatic rings. The minimum atomic E-state index is 0.152. The van der Waals surface area contributed by atoms with Gasteiger partial charge in [-0.15, -0.1) is 0 Å². The van der Waals surface area contributed by atoms with Gasteiger partial charge in [0.05, 0.1) is 5.60 Å². The maximum Gasteiger partial charge on any atom is 0.0906 e. The summed E-state index contributed by atoms with van der Waals surface area (Å²) in [5, 5.41) is 3.41. The number of nitrogens with zero attached hydrogens (tertiary/aromatic N) is 1. The molecule has 0 aromatic heterocycles. The van der Waals surface area contributed by atoms with Crippen LogP contribution in [-0.2, 0) is 4.74 Å². The molecule has 0 spiro atoms. The third-order valence-electron chi connectivity index (χ3n) is 3.39. The number of hydrogen-bond acceptors (Lipinski definition) is 3. The summed E-state index contributed by atoms with van der Waals surface area (Å²) in [7, 11) is 0. The molecule has 14 heavy (non-hydrogen) atoms. The first kappa shape index (κ1) is 10.4. The number of nitrogens with one attached hydrogen (secondary N) is 1. The first-order valence-electron chi connectivity index (χ1n) is 5.82. The Bertz CT molecular complexity index is 184. The zero-order valence-electron chi connectivity index (χ0n) is 9.38. The Kier molecular flexibility index (Phi) is 3.10. The first-order valence-corrected chi connectivity index (χ1v) is 5.82. The van der Waals surface area contributed by atoms with Gasteiger partial charge in [0.25, 0.3) is 0 Å². The number of hydrogen-bond donors (Lipinski definition) is 1. The lowest BCUT2D eigenvalue weighted by Crippen LogP contribution is -2.65. The van der Waals surface area contributed by atoms with Crippen molar-refractivity contribution in [3.05, 3.63) is 0 Å². The van der Waals surface area contributed by atoms with Crippen LogP contribution in [0.3, 0.4) is 0 Å². The second kappa shape index (κ2) is 4.17. The third kappa shape index (κ3) is 2.10. The van der Waals surface area contributed by atoms with Crippen molar-refractivity contribution in [3.8, 4) is 0 Å². The second-order valence-corrected chi connectivity index (χ2v) is 4.77. The maximum atomic E-state index is 5.73. The molecule has 0 atom stereocenters. The number of piperidine rings is 1. The molecular weight excluding hydrogens is 176 g/mol. The molecule has 3 heteroatoms. The summed E-state index contributed by atoms with van der Waals surface area (Å²) >= 11 is 0. The Morgan fingerprint density at radius 2 is 2.00 bits per heavy atom. The molecule has 0 saturated carbocycles. The van der Waals surface area contributed by atoms with E-state index >= 15 is 0 Å². The van der Waals surface area contributed by atoms with E-state index in [2.05, 4.69) is 24.1 Å². The average Bonchev–Trinajstić information content (AvgIpc) is 2.16. The van der Waals surface area contributed by atoms with Crippen LogP contribution in [0.4, 0.5) is 0 Å². The largest absolute Gasteiger partial charge is 0.373 e. The molecule has 0 aliphatic carbocycles. The normalized spacial score (nSPS) is 28.7. The highest BCUT2D eigenvalue weighted by Crippen LogP contribution is 2.29. The van der Waals surface area contributed by atoms with E-state index < -0.39 is 0 Å². The van der Waals surface area contributed by atoms with Crippen molar-refractivity contribution in [2.24, 2.45) is 0 Å². The number of rotatable bonds is 3. The summed E-state index contributed by atoms with van der Waals surface area (Å²) in [6.45, 7) is 9.79. The van der Waals surface area contributed by atoms with Crippen molar-refractivity contribution in [2.45, 2.75) is 38.3 Å². The average molecular weight is 198 g/mol. The van der Waals surface area contributed by atoms with Gasteiger partial charge in [0.2, 0.25) is 0 Å². The summed E-state index contributed by atoms with van der Waals surface area (Å²) in [6.07, 6.45) is 2.62. The number of likely N-dealkylation sites (tertiary alicyclic amines) is 1. The van der Waals surface area contributed by atoms with Crippen molar-refractivity contribution in [3.63, 3.8) is 0 Å². The summed E-state index contributed by atoms with van der Waals surface area (Å²) in [5.74, 6) is 0. The number of ether oxygens (including phenoxy) is 1. The van der Waals surface area contributed by atoms with Crippen molar-refractivity contribution in [2.75, 3.05) is 32.8 Å². The molecule has 1 N–H and O–H groups in total. The Hall–Kier alpha value is -0.120. The molecule has 2 fully saturated rings. The molecule has 0 aromatic carbocycles. The van der Waals surface area contributed by atoms with Gasteiger partial charge in [0.15, 0.2) is 0 Å². The van der Waals surface area contributed by atoms with E-state index in [1.807, 2.05) is 0 Å². The highest BCUT2D eigenvalue weighted by molar-refractivity contribution is 4.97. The molecule has 2 saturated heterocycles. The van der Waals surface area contributed by atoms with Crippen LogP contribution in [0.25, 0.3) is 0 Å². The zero-order valence-corrected chi connectivity index (χ0v) is 9.38. The predicted molar refractivity (Wildman–Crippen MR) is 57.5 cm³/mol. The van der Waals surface area contributed by atoms with Crippen molar-refractivity contribution in [1.29, 1.82) is 0 Å². The zero-order chi connectivity index (χ0) is 10.0. The van der Waals surface area contributed by atoms with E-state index in [1.165, 1.54) is 25.9 Å². The summed E-state index contributed by atoms with van der Waals surface area (Å²) in [5.41, 5.74) is 0.152. The molecule has 0 unspecified atom stereocenters. The van der Waals surface area contributed by atoms with Gasteiger partial charge in [0.1, 0.15) is 0 Å². The first-order chi connectivity index (χ1) is 6.73. The highest BCUT2D eigenvalue weighted by atomic mass is 16.5. The van der Waals surface area contributed by atoms with Gasteiger partial charge in [-0.05, 0) is 39.8 Å². The van der Waals surface area contributed by atoms with E-state index in [4.69, 9.17) is 4.74 Å². The minimum absolute atomic E-state index is 0.152. The van der Waals surface area contributed by atoms with Gasteiger partial charge < -0.3 is 10.1 Å². The van der Waals surface area contributed by atoms with Crippen LogP contribution >= 0.6 is 0 Å². The third-order valence-corrected chi connectivity index (χ3v) is 3.39. The van der Waals surface area contributed by atoms with Gasteiger partial charge in [-0.25, -0.2) is 0 Å². The van der Waals surface area contributed by atoms with Gasteiger partial charge >= 0.3 is 0 Å². The van der Waals surface area contributed by atoms with Gasteiger partial charge in [-0.1, -0.05) is 0 Å². The van der Waals surface area contributed by atoms with Crippen LogP contribution in [-0.4, -0.2) is 49.3 Å². The van der Waals surface area contributed by atoms with Crippen molar-refractivity contribution >= 4 is 0 Å². The van der Waals surface area contributed by atoms with Gasteiger partial charge in [-0.2, -0.15) is 0 Å².